The van der Waals surface area contributed by atoms with Crippen LogP contribution in [0.2, 0.25) is 0 Å². The first kappa shape index (κ1) is 12.6. The molecule has 1 aromatic heterocycles. The van der Waals surface area contributed by atoms with E-state index in [0.29, 0.717) is 6.61 Å². The summed E-state index contributed by atoms with van der Waals surface area (Å²) in [6, 6.07) is 14.3. The summed E-state index contributed by atoms with van der Waals surface area (Å²) < 4.78 is 5.64. The highest BCUT2D eigenvalue weighted by molar-refractivity contribution is 5.34. The first-order valence-corrected chi connectivity index (χ1v) is 6.13. The molecule has 94 valence electrons. The Morgan fingerprint density at radius 3 is 2.56 bits per heavy atom. The van der Waals surface area contributed by atoms with Gasteiger partial charge < -0.3 is 10.1 Å². The van der Waals surface area contributed by atoms with Gasteiger partial charge in [0.15, 0.2) is 0 Å². The van der Waals surface area contributed by atoms with Crippen molar-refractivity contribution in [3.63, 3.8) is 0 Å². The van der Waals surface area contributed by atoms with Crippen LogP contribution >= 0.6 is 0 Å². The molecule has 0 aliphatic heterocycles. The minimum atomic E-state index is 0.615. The van der Waals surface area contributed by atoms with E-state index in [0.717, 1.165) is 24.4 Å². The number of pyridine rings is 1. The molecule has 0 aliphatic carbocycles. The van der Waals surface area contributed by atoms with Crippen LogP contribution in [0.1, 0.15) is 11.1 Å². The van der Waals surface area contributed by atoms with E-state index >= 15 is 0 Å². The number of nitrogens with one attached hydrogen (secondary N) is 1. The van der Waals surface area contributed by atoms with Gasteiger partial charge >= 0.3 is 0 Å². The van der Waals surface area contributed by atoms with Crippen molar-refractivity contribution in [2.24, 2.45) is 0 Å². The lowest BCUT2D eigenvalue weighted by Gasteiger charge is -2.05. The smallest absolute Gasteiger partial charge is 0.125 e. The maximum atomic E-state index is 5.64. The third-order valence-electron chi connectivity index (χ3n) is 2.73. The summed E-state index contributed by atoms with van der Waals surface area (Å²) in [5.41, 5.74) is 2.41. The Kier molecular flexibility index (Phi) is 4.73. The molecule has 1 N–H and O–H groups in total. The number of anilines is 1. The van der Waals surface area contributed by atoms with Crippen LogP contribution in [-0.2, 0) is 17.8 Å². The van der Waals surface area contributed by atoms with Crippen LogP contribution in [-0.4, -0.2) is 18.6 Å². The molecule has 0 unspecified atom stereocenters. The van der Waals surface area contributed by atoms with Gasteiger partial charge in [0.25, 0.3) is 0 Å². The second kappa shape index (κ2) is 6.77. The number of benzene rings is 1. The highest BCUT2D eigenvalue weighted by atomic mass is 16.5. The number of rotatable bonds is 6. The molecule has 1 heterocycles. The average Bonchev–Trinajstić information content (AvgIpc) is 2.45. The Morgan fingerprint density at radius 1 is 1.06 bits per heavy atom. The number of nitrogens with zero attached hydrogens (tertiary/aromatic N) is 1. The second-order valence-electron chi connectivity index (χ2n) is 4.09. The second-order valence-corrected chi connectivity index (χ2v) is 4.09. The first-order chi connectivity index (χ1) is 8.88. The summed E-state index contributed by atoms with van der Waals surface area (Å²) in [5, 5.41) is 2.99. The van der Waals surface area contributed by atoms with Gasteiger partial charge in [-0.2, -0.15) is 0 Å². The third-order valence-corrected chi connectivity index (χ3v) is 2.73. The average molecular weight is 242 g/mol. The Hall–Kier alpha value is -1.87. The minimum absolute atomic E-state index is 0.615. The van der Waals surface area contributed by atoms with Crippen molar-refractivity contribution in [3.8, 4) is 0 Å². The largest absolute Gasteiger partial charge is 0.376 e. The Morgan fingerprint density at radius 2 is 1.89 bits per heavy atom. The molecule has 0 bridgehead atoms. The molecule has 2 aromatic rings. The van der Waals surface area contributed by atoms with E-state index in [2.05, 4.69) is 34.6 Å². The molecular formula is C15H18N2O. The van der Waals surface area contributed by atoms with Crippen molar-refractivity contribution in [1.29, 1.82) is 0 Å². The van der Waals surface area contributed by atoms with Crippen LogP contribution in [0.3, 0.4) is 0 Å². The Balaban J connectivity index is 1.72. The maximum Gasteiger partial charge on any atom is 0.125 e. The van der Waals surface area contributed by atoms with Crippen molar-refractivity contribution < 1.29 is 4.74 Å². The number of aromatic nitrogens is 1. The van der Waals surface area contributed by atoms with E-state index in [1.54, 1.807) is 0 Å². The third kappa shape index (κ3) is 3.86. The lowest BCUT2D eigenvalue weighted by molar-refractivity contribution is 0.123. The van der Waals surface area contributed by atoms with Gasteiger partial charge in [-0.15, -0.1) is 0 Å². The van der Waals surface area contributed by atoms with E-state index in [1.165, 1.54) is 5.56 Å². The van der Waals surface area contributed by atoms with Crippen molar-refractivity contribution in [1.82, 2.24) is 4.98 Å². The van der Waals surface area contributed by atoms with Crippen molar-refractivity contribution >= 4 is 5.82 Å². The summed E-state index contributed by atoms with van der Waals surface area (Å²) >= 11 is 0. The van der Waals surface area contributed by atoms with Gasteiger partial charge in [0, 0.05) is 13.2 Å². The molecule has 0 atom stereocenters. The number of hydrogen-bond donors (Lipinski definition) is 1. The topological polar surface area (TPSA) is 34.1 Å². The summed E-state index contributed by atoms with van der Waals surface area (Å²) in [6.07, 6.45) is 2.79. The van der Waals surface area contributed by atoms with Gasteiger partial charge in [0.05, 0.1) is 13.2 Å². The van der Waals surface area contributed by atoms with Crippen molar-refractivity contribution in [2.45, 2.75) is 13.0 Å². The van der Waals surface area contributed by atoms with Gasteiger partial charge in [0.2, 0.25) is 0 Å². The predicted octanol–water partition coefficient (Wildman–Crippen LogP) is 2.88. The Labute approximate surface area is 108 Å². The van der Waals surface area contributed by atoms with Gasteiger partial charge in [0.1, 0.15) is 5.82 Å². The van der Waals surface area contributed by atoms with Crippen LogP contribution < -0.4 is 5.32 Å². The molecule has 0 fully saturated rings. The first-order valence-electron chi connectivity index (χ1n) is 6.13. The van der Waals surface area contributed by atoms with Crippen LogP contribution in [0.4, 0.5) is 5.82 Å². The molecule has 3 heteroatoms. The lowest BCUT2D eigenvalue weighted by Crippen LogP contribution is -2.00. The lowest BCUT2D eigenvalue weighted by atomic mass is 10.2. The van der Waals surface area contributed by atoms with E-state index in [4.69, 9.17) is 4.74 Å². The SMILES string of the molecule is CNc1ccc(COCCc2ccccc2)cn1. The molecule has 0 amide bonds. The Bertz CT molecular complexity index is 454. The highest BCUT2D eigenvalue weighted by Gasteiger charge is 1.96. The van der Waals surface area contributed by atoms with E-state index in [9.17, 15) is 0 Å². The molecule has 3 nitrogen and oxygen atoms in total. The summed E-state index contributed by atoms with van der Waals surface area (Å²) in [7, 11) is 1.86. The van der Waals surface area contributed by atoms with E-state index in [1.807, 2.05) is 31.4 Å². The van der Waals surface area contributed by atoms with Gasteiger partial charge in [-0.25, -0.2) is 4.98 Å². The summed E-state index contributed by atoms with van der Waals surface area (Å²) in [6.45, 7) is 1.35. The molecule has 0 spiro atoms. The monoisotopic (exact) mass is 242 g/mol. The molecule has 2 rings (SSSR count). The van der Waals surface area contributed by atoms with Crippen LogP contribution in [0.15, 0.2) is 48.7 Å². The van der Waals surface area contributed by atoms with E-state index < -0.39 is 0 Å². The molecule has 0 saturated carbocycles. The zero-order chi connectivity index (χ0) is 12.6. The fourth-order valence-electron chi connectivity index (χ4n) is 1.68. The van der Waals surface area contributed by atoms with Crippen LogP contribution in [0.5, 0.6) is 0 Å². The predicted molar refractivity (Wildman–Crippen MR) is 73.6 cm³/mol. The van der Waals surface area contributed by atoms with Crippen molar-refractivity contribution in [3.05, 3.63) is 59.8 Å². The summed E-state index contributed by atoms with van der Waals surface area (Å²) in [5.74, 6) is 0.878. The van der Waals surface area contributed by atoms with Crippen LogP contribution in [0, 0.1) is 0 Å². The molecule has 0 aliphatic rings. The highest BCUT2D eigenvalue weighted by Crippen LogP contribution is 2.06. The van der Waals surface area contributed by atoms with Gasteiger partial charge in [-0.05, 0) is 23.6 Å². The standard InChI is InChI=1S/C15H18N2O/c1-16-15-8-7-14(11-17-15)12-18-10-9-13-5-3-2-4-6-13/h2-8,11H,9-10,12H2,1H3,(H,16,17). The molecule has 1 aromatic carbocycles. The summed E-state index contributed by atoms with van der Waals surface area (Å²) in [4.78, 5) is 4.24. The maximum absolute atomic E-state index is 5.64. The molecule has 0 saturated heterocycles. The van der Waals surface area contributed by atoms with Crippen molar-refractivity contribution in [2.75, 3.05) is 19.0 Å². The quantitative estimate of drug-likeness (QED) is 0.791. The molecular weight excluding hydrogens is 224 g/mol. The molecule has 0 radical (unpaired) electrons. The number of hydrogen-bond acceptors (Lipinski definition) is 3. The van der Waals surface area contributed by atoms with Gasteiger partial charge in [-0.3, -0.25) is 0 Å². The van der Waals surface area contributed by atoms with Crippen LogP contribution in [0.25, 0.3) is 0 Å². The minimum Gasteiger partial charge on any atom is -0.376 e. The molecule has 18 heavy (non-hydrogen) atoms. The van der Waals surface area contributed by atoms with Gasteiger partial charge in [-0.1, -0.05) is 36.4 Å². The normalized spacial score (nSPS) is 10.3. The zero-order valence-corrected chi connectivity index (χ0v) is 10.6. The fraction of sp³-hybridized carbons (Fsp3) is 0.267. The number of ether oxygens (including phenoxy) is 1. The fourth-order valence-corrected chi connectivity index (χ4v) is 1.68. The zero-order valence-electron chi connectivity index (χ0n) is 10.6. The van der Waals surface area contributed by atoms with E-state index in [-0.39, 0.29) is 0 Å².